The van der Waals surface area contributed by atoms with Crippen molar-refractivity contribution in [3.8, 4) is 11.5 Å². The van der Waals surface area contributed by atoms with Gasteiger partial charge in [0.15, 0.2) is 29.0 Å². The number of benzene rings is 2. The molecule has 0 fully saturated rings. The molecule has 0 saturated heterocycles. The Morgan fingerprint density at radius 1 is 1.09 bits per heavy atom. The fourth-order valence-corrected chi connectivity index (χ4v) is 4.52. The summed E-state index contributed by atoms with van der Waals surface area (Å²) in [5.74, 6) is 0.373. The van der Waals surface area contributed by atoms with Crippen molar-refractivity contribution in [3.63, 3.8) is 0 Å². The zero-order valence-corrected chi connectivity index (χ0v) is 21.5. The molecule has 0 bridgehead atoms. The third kappa shape index (κ3) is 6.02. The van der Waals surface area contributed by atoms with Crippen LogP contribution in [0.5, 0.6) is 11.5 Å². The minimum atomic E-state index is -0.488. The number of carbonyl (C=O) groups excluding carboxylic acids is 2. The Kier molecular flexibility index (Phi) is 8.67. The van der Waals surface area contributed by atoms with Gasteiger partial charge < -0.3 is 24.8 Å². The normalized spacial score (nSPS) is 15.4. The molecule has 0 spiro atoms. The highest BCUT2D eigenvalue weighted by Gasteiger charge is 2.31. The summed E-state index contributed by atoms with van der Waals surface area (Å²) in [4.78, 5) is 24.6. The molecule has 0 saturated carbocycles. The molecular formula is C24H25IN2O5S. The number of hydrogen-bond acceptors (Lipinski definition) is 6. The lowest BCUT2D eigenvalue weighted by atomic mass is 9.90. The number of Topliss-reactive ketones (excluding diaryl/α,β-unsaturated/α-hetero) is 1. The van der Waals surface area contributed by atoms with Crippen molar-refractivity contribution in [1.82, 2.24) is 10.6 Å². The predicted octanol–water partition coefficient (Wildman–Crippen LogP) is 4.15. The van der Waals surface area contributed by atoms with Gasteiger partial charge in [-0.25, -0.2) is 4.79 Å². The Morgan fingerprint density at radius 3 is 2.45 bits per heavy atom. The second-order valence-electron chi connectivity index (χ2n) is 7.10. The number of nitrogens with one attached hydrogen (secondary N) is 2. The Morgan fingerprint density at radius 2 is 1.82 bits per heavy atom. The van der Waals surface area contributed by atoms with Crippen LogP contribution in [0.25, 0.3) is 5.70 Å². The van der Waals surface area contributed by atoms with E-state index in [1.165, 1.54) is 6.92 Å². The molecule has 0 unspecified atom stereocenters. The predicted molar refractivity (Wildman–Crippen MR) is 138 cm³/mol. The minimum absolute atomic E-state index is 0.0861. The molecule has 0 aromatic heterocycles. The number of esters is 1. The summed E-state index contributed by atoms with van der Waals surface area (Å²) in [7, 11) is 0. The second kappa shape index (κ2) is 11.5. The van der Waals surface area contributed by atoms with Gasteiger partial charge in [-0.1, -0.05) is 30.3 Å². The van der Waals surface area contributed by atoms with Gasteiger partial charge in [-0.15, -0.1) is 0 Å². The molecule has 3 rings (SSSR count). The summed E-state index contributed by atoms with van der Waals surface area (Å²) in [5.41, 5.74) is 2.89. The Hall–Kier alpha value is -2.66. The number of hydrogen-bond donors (Lipinski definition) is 2. The molecule has 2 N–H and O–H groups in total. The molecule has 0 amide bonds. The Labute approximate surface area is 212 Å². The van der Waals surface area contributed by atoms with Gasteiger partial charge in [0.1, 0.15) is 0 Å². The monoisotopic (exact) mass is 580 g/mol. The lowest BCUT2D eigenvalue weighted by Crippen LogP contribution is -2.44. The van der Waals surface area contributed by atoms with Crippen LogP contribution in [-0.4, -0.2) is 36.7 Å². The molecular weight excluding hydrogens is 555 g/mol. The summed E-state index contributed by atoms with van der Waals surface area (Å²) in [6, 6.07) is 12.8. The van der Waals surface area contributed by atoms with E-state index in [9.17, 15) is 9.59 Å². The first-order valence-corrected chi connectivity index (χ1v) is 12.0. The summed E-state index contributed by atoms with van der Waals surface area (Å²) in [5, 5.41) is 6.78. The van der Waals surface area contributed by atoms with Crippen molar-refractivity contribution in [2.24, 2.45) is 0 Å². The quantitative estimate of drug-likeness (QED) is 0.260. The van der Waals surface area contributed by atoms with Crippen molar-refractivity contribution in [2.75, 3.05) is 19.8 Å². The zero-order chi connectivity index (χ0) is 24.0. The average Bonchev–Trinajstić information content (AvgIpc) is 2.78. The van der Waals surface area contributed by atoms with Crippen LogP contribution in [-0.2, 0) is 14.3 Å². The SMILES string of the molecule is CCOC(=O)COc1c(I)cc([C@@H]2NC(=S)NC(c3ccccc3)=C2C(C)=O)cc1OCC. The van der Waals surface area contributed by atoms with E-state index >= 15 is 0 Å². The average molecular weight is 580 g/mol. The van der Waals surface area contributed by atoms with E-state index in [1.807, 2.05) is 49.4 Å². The lowest BCUT2D eigenvalue weighted by Gasteiger charge is -2.32. The number of ketones is 1. The van der Waals surface area contributed by atoms with Crippen molar-refractivity contribution in [2.45, 2.75) is 26.8 Å². The van der Waals surface area contributed by atoms with Crippen LogP contribution in [0.3, 0.4) is 0 Å². The van der Waals surface area contributed by atoms with Gasteiger partial charge in [-0.2, -0.15) is 0 Å². The number of thiocarbonyl (C=S) groups is 1. The maximum absolute atomic E-state index is 12.8. The molecule has 1 aliphatic heterocycles. The van der Waals surface area contributed by atoms with E-state index in [0.717, 1.165) is 14.7 Å². The van der Waals surface area contributed by atoms with Crippen molar-refractivity contribution >= 4 is 57.4 Å². The zero-order valence-electron chi connectivity index (χ0n) is 18.6. The highest BCUT2D eigenvalue weighted by Crippen LogP contribution is 2.39. The van der Waals surface area contributed by atoms with Crippen LogP contribution >= 0.6 is 34.8 Å². The van der Waals surface area contributed by atoms with Crippen LogP contribution in [0.4, 0.5) is 0 Å². The van der Waals surface area contributed by atoms with Crippen LogP contribution in [0.15, 0.2) is 48.0 Å². The van der Waals surface area contributed by atoms with Gasteiger partial charge in [0.25, 0.3) is 0 Å². The highest BCUT2D eigenvalue weighted by atomic mass is 127. The molecule has 0 radical (unpaired) electrons. The molecule has 33 heavy (non-hydrogen) atoms. The molecule has 174 valence electrons. The van der Waals surface area contributed by atoms with E-state index in [1.54, 1.807) is 6.92 Å². The smallest absolute Gasteiger partial charge is 0.344 e. The Balaban J connectivity index is 2.07. The standard InChI is InChI=1S/C24H25IN2O5S/c1-4-30-18-12-16(11-17(25)23(18)32-13-19(29)31-5-2)22-20(14(3)28)21(26-24(33)27-22)15-9-7-6-8-10-15/h6-12,22H,4-5,13H2,1-3H3,(H2,26,27,33)/t22-/m0/s1. The first kappa shape index (κ1) is 25.0. The maximum atomic E-state index is 12.8. The molecule has 1 atom stereocenters. The lowest BCUT2D eigenvalue weighted by molar-refractivity contribution is -0.145. The van der Waals surface area contributed by atoms with Crippen LogP contribution in [0.2, 0.25) is 0 Å². The largest absolute Gasteiger partial charge is 0.490 e. The van der Waals surface area contributed by atoms with E-state index in [0.29, 0.717) is 34.5 Å². The van der Waals surface area contributed by atoms with Crippen molar-refractivity contribution in [3.05, 3.63) is 62.7 Å². The number of halogens is 1. The Bertz CT molecular complexity index is 1090. The first-order chi connectivity index (χ1) is 15.8. The maximum Gasteiger partial charge on any atom is 0.344 e. The van der Waals surface area contributed by atoms with E-state index in [4.69, 9.17) is 26.4 Å². The molecule has 1 aliphatic rings. The molecule has 2 aromatic rings. The summed E-state index contributed by atoms with van der Waals surface area (Å²) >= 11 is 7.59. The van der Waals surface area contributed by atoms with Crippen LogP contribution in [0, 0.1) is 3.57 Å². The van der Waals surface area contributed by atoms with E-state index < -0.39 is 12.0 Å². The highest BCUT2D eigenvalue weighted by molar-refractivity contribution is 14.1. The molecule has 1 heterocycles. The first-order valence-electron chi connectivity index (χ1n) is 10.5. The van der Waals surface area contributed by atoms with Crippen LogP contribution < -0.4 is 20.1 Å². The summed E-state index contributed by atoms with van der Waals surface area (Å²) in [6.07, 6.45) is 0. The fraction of sp³-hybridized carbons (Fsp3) is 0.292. The van der Waals surface area contributed by atoms with E-state index in [2.05, 4.69) is 33.2 Å². The molecule has 9 heteroatoms. The van der Waals surface area contributed by atoms with Gasteiger partial charge in [-0.3, -0.25) is 4.79 Å². The van der Waals surface area contributed by atoms with Gasteiger partial charge >= 0.3 is 5.97 Å². The van der Waals surface area contributed by atoms with Crippen molar-refractivity contribution in [1.29, 1.82) is 0 Å². The van der Waals surface area contributed by atoms with Gasteiger partial charge in [0.2, 0.25) is 0 Å². The third-order valence-electron chi connectivity index (χ3n) is 4.82. The molecule has 2 aromatic carbocycles. The van der Waals surface area contributed by atoms with Gasteiger partial charge in [-0.05, 0) is 78.8 Å². The number of rotatable bonds is 9. The number of carbonyl (C=O) groups is 2. The second-order valence-corrected chi connectivity index (χ2v) is 8.67. The molecule has 7 nitrogen and oxygen atoms in total. The molecule has 0 aliphatic carbocycles. The third-order valence-corrected chi connectivity index (χ3v) is 5.84. The van der Waals surface area contributed by atoms with Crippen molar-refractivity contribution < 1.29 is 23.8 Å². The number of ether oxygens (including phenoxy) is 3. The fourth-order valence-electron chi connectivity index (χ4n) is 3.52. The van der Waals surface area contributed by atoms with Gasteiger partial charge in [0.05, 0.1) is 28.5 Å². The van der Waals surface area contributed by atoms with Crippen LogP contribution in [0.1, 0.15) is 37.9 Å². The summed E-state index contributed by atoms with van der Waals surface area (Å²) < 4.78 is 17.2. The van der Waals surface area contributed by atoms with E-state index in [-0.39, 0.29) is 19.0 Å². The summed E-state index contributed by atoms with van der Waals surface area (Å²) in [6.45, 7) is 5.59. The minimum Gasteiger partial charge on any atom is -0.490 e. The topological polar surface area (TPSA) is 85.9 Å². The van der Waals surface area contributed by atoms with Gasteiger partial charge in [0, 0.05) is 5.57 Å².